The SMILES string of the molecule is CCCCCCCCCCCCCCCCCCCCOC(=O)C(CCCCCCCC)CCCCCCCCCC. The van der Waals surface area contributed by atoms with Gasteiger partial charge in [0.1, 0.15) is 0 Å². The van der Waals surface area contributed by atoms with E-state index < -0.39 is 0 Å². The number of esters is 1. The molecule has 0 radical (unpaired) electrons. The van der Waals surface area contributed by atoms with Crippen LogP contribution in [0.1, 0.15) is 239 Å². The van der Waals surface area contributed by atoms with E-state index in [1.54, 1.807) is 0 Å². The molecule has 1 atom stereocenters. The lowest BCUT2D eigenvalue weighted by Gasteiger charge is -2.16. The molecule has 0 aliphatic carbocycles. The third-order valence-corrected chi connectivity index (χ3v) is 9.39. The van der Waals surface area contributed by atoms with Crippen molar-refractivity contribution in [3.05, 3.63) is 0 Å². The second-order valence-electron chi connectivity index (χ2n) is 13.7. The van der Waals surface area contributed by atoms with Gasteiger partial charge in [0.05, 0.1) is 12.5 Å². The van der Waals surface area contributed by atoms with E-state index in [1.807, 2.05) is 0 Å². The first kappa shape index (κ1) is 41.5. The van der Waals surface area contributed by atoms with Crippen molar-refractivity contribution in [1.29, 1.82) is 0 Å². The third-order valence-electron chi connectivity index (χ3n) is 9.39. The highest BCUT2D eigenvalue weighted by molar-refractivity contribution is 5.72. The van der Waals surface area contributed by atoms with Crippen molar-refractivity contribution in [2.24, 2.45) is 5.92 Å². The minimum Gasteiger partial charge on any atom is -0.465 e. The first-order valence-electron chi connectivity index (χ1n) is 19.9. The van der Waals surface area contributed by atoms with Crippen LogP contribution in [0, 0.1) is 5.92 Å². The van der Waals surface area contributed by atoms with E-state index in [0.29, 0.717) is 6.61 Å². The summed E-state index contributed by atoms with van der Waals surface area (Å²) in [6.45, 7) is 7.50. The summed E-state index contributed by atoms with van der Waals surface area (Å²) in [5, 5.41) is 0. The fourth-order valence-electron chi connectivity index (χ4n) is 6.37. The molecule has 252 valence electrons. The Morgan fingerprint density at radius 3 is 0.881 bits per heavy atom. The molecular weight excluding hydrogens is 512 g/mol. The molecule has 2 nitrogen and oxygen atoms in total. The molecule has 0 saturated heterocycles. The van der Waals surface area contributed by atoms with E-state index in [-0.39, 0.29) is 11.9 Å². The molecule has 0 aromatic carbocycles. The largest absolute Gasteiger partial charge is 0.465 e. The molecule has 0 spiro atoms. The van der Waals surface area contributed by atoms with Gasteiger partial charge in [-0.2, -0.15) is 0 Å². The van der Waals surface area contributed by atoms with Gasteiger partial charge in [-0.3, -0.25) is 4.79 Å². The number of unbranched alkanes of at least 4 members (excludes halogenated alkanes) is 29. The van der Waals surface area contributed by atoms with E-state index in [1.165, 1.54) is 199 Å². The summed E-state index contributed by atoms with van der Waals surface area (Å²) >= 11 is 0. The maximum Gasteiger partial charge on any atom is 0.308 e. The fraction of sp³-hybridized carbons (Fsp3) is 0.975. The van der Waals surface area contributed by atoms with Crippen LogP contribution >= 0.6 is 0 Å². The molecular formula is C40H80O2. The van der Waals surface area contributed by atoms with E-state index >= 15 is 0 Å². The number of carbonyl (C=O) groups excluding carboxylic acids is 1. The van der Waals surface area contributed by atoms with E-state index in [0.717, 1.165) is 19.3 Å². The van der Waals surface area contributed by atoms with Gasteiger partial charge < -0.3 is 4.74 Å². The number of rotatable bonds is 36. The van der Waals surface area contributed by atoms with Crippen LogP contribution in [0.5, 0.6) is 0 Å². The van der Waals surface area contributed by atoms with Gasteiger partial charge in [-0.25, -0.2) is 0 Å². The lowest BCUT2D eigenvalue weighted by Crippen LogP contribution is -2.18. The van der Waals surface area contributed by atoms with Gasteiger partial charge in [-0.1, -0.05) is 220 Å². The Balaban J connectivity index is 3.75. The number of carbonyl (C=O) groups is 1. The highest BCUT2D eigenvalue weighted by Gasteiger charge is 2.19. The van der Waals surface area contributed by atoms with Crippen LogP contribution < -0.4 is 0 Å². The number of hydrogen-bond acceptors (Lipinski definition) is 2. The normalized spacial score (nSPS) is 12.2. The van der Waals surface area contributed by atoms with Crippen LogP contribution in [0.4, 0.5) is 0 Å². The van der Waals surface area contributed by atoms with Crippen molar-refractivity contribution in [2.75, 3.05) is 6.61 Å². The van der Waals surface area contributed by atoms with E-state index in [9.17, 15) is 4.79 Å². The van der Waals surface area contributed by atoms with Crippen molar-refractivity contribution in [1.82, 2.24) is 0 Å². The minimum absolute atomic E-state index is 0.110. The van der Waals surface area contributed by atoms with Gasteiger partial charge in [0.25, 0.3) is 0 Å². The highest BCUT2D eigenvalue weighted by atomic mass is 16.5. The topological polar surface area (TPSA) is 26.3 Å². The molecule has 0 N–H and O–H groups in total. The van der Waals surface area contributed by atoms with Crippen molar-refractivity contribution in [3.63, 3.8) is 0 Å². The Hall–Kier alpha value is -0.530. The Morgan fingerprint density at radius 1 is 0.357 bits per heavy atom. The number of ether oxygens (including phenoxy) is 1. The zero-order valence-corrected chi connectivity index (χ0v) is 29.6. The summed E-state index contributed by atoms with van der Waals surface area (Å²) in [6, 6.07) is 0. The van der Waals surface area contributed by atoms with Crippen LogP contribution in [0.25, 0.3) is 0 Å². The summed E-state index contributed by atoms with van der Waals surface area (Å²) in [4.78, 5) is 12.9. The molecule has 1 unspecified atom stereocenters. The maximum atomic E-state index is 12.9. The quantitative estimate of drug-likeness (QED) is 0.0534. The van der Waals surface area contributed by atoms with Gasteiger partial charge in [0.2, 0.25) is 0 Å². The van der Waals surface area contributed by atoms with Crippen molar-refractivity contribution < 1.29 is 9.53 Å². The summed E-state index contributed by atoms with van der Waals surface area (Å²) in [7, 11) is 0. The first-order chi connectivity index (χ1) is 20.8. The molecule has 0 rings (SSSR count). The fourth-order valence-corrected chi connectivity index (χ4v) is 6.37. The van der Waals surface area contributed by atoms with Crippen LogP contribution in [0.15, 0.2) is 0 Å². The Morgan fingerprint density at radius 2 is 0.595 bits per heavy atom. The molecule has 0 fully saturated rings. The van der Waals surface area contributed by atoms with Crippen LogP contribution in [-0.4, -0.2) is 12.6 Å². The van der Waals surface area contributed by atoms with E-state index in [4.69, 9.17) is 4.74 Å². The maximum absolute atomic E-state index is 12.9. The predicted molar refractivity (Wildman–Crippen MR) is 188 cm³/mol. The molecule has 0 amide bonds. The third kappa shape index (κ3) is 32.4. The van der Waals surface area contributed by atoms with Crippen LogP contribution in [0.2, 0.25) is 0 Å². The first-order valence-corrected chi connectivity index (χ1v) is 19.9. The molecule has 0 saturated carbocycles. The second kappa shape index (κ2) is 36.7. The Labute approximate surface area is 266 Å². The molecule has 42 heavy (non-hydrogen) atoms. The lowest BCUT2D eigenvalue weighted by molar-refractivity contribution is -0.149. The van der Waals surface area contributed by atoms with Crippen molar-refractivity contribution >= 4 is 5.97 Å². The molecule has 0 bridgehead atoms. The second-order valence-corrected chi connectivity index (χ2v) is 13.7. The standard InChI is InChI=1S/C40H80O2/c1-4-7-10-13-16-18-19-20-21-22-23-24-25-26-27-29-32-35-38-42-40(41)39(36-33-30-15-12-9-6-3)37-34-31-28-17-14-11-8-5-2/h39H,4-38H2,1-3H3. The van der Waals surface area contributed by atoms with Gasteiger partial charge in [0.15, 0.2) is 0 Å². The van der Waals surface area contributed by atoms with Gasteiger partial charge >= 0.3 is 5.97 Å². The molecule has 0 aromatic rings. The van der Waals surface area contributed by atoms with Crippen LogP contribution in [0.3, 0.4) is 0 Å². The average molecular weight is 593 g/mol. The molecule has 0 aromatic heterocycles. The Bertz CT molecular complexity index is 502. The summed E-state index contributed by atoms with van der Waals surface area (Å²) in [5.74, 6) is 0.255. The zero-order chi connectivity index (χ0) is 30.6. The molecule has 0 aliphatic heterocycles. The smallest absolute Gasteiger partial charge is 0.308 e. The minimum atomic E-state index is 0.110. The van der Waals surface area contributed by atoms with E-state index in [2.05, 4.69) is 20.8 Å². The van der Waals surface area contributed by atoms with Gasteiger partial charge in [-0.05, 0) is 19.3 Å². The summed E-state index contributed by atoms with van der Waals surface area (Å²) < 4.78 is 5.81. The summed E-state index contributed by atoms with van der Waals surface area (Å²) in [6.07, 6.45) is 45.5. The Kier molecular flexibility index (Phi) is 36.2. The van der Waals surface area contributed by atoms with Crippen LogP contribution in [-0.2, 0) is 9.53 Å². The van der Waals surface area contributed by atoms with Crippen molar-refractivity contribution in [2.45, 2.75) is 239 Å². The average Bonchev–Trinajstić information content (AvgIpc) is 3.00. The summed E-state index contributed by atoms with van der Waals surface area (Å²) in [5.41, 5.74) is 0. The molecule has 2 heteroatoms. The van der Waals surface area contributed by atoms with Crippen molar-refractivity contribution in [3.8, 4) is 0 Å². The molecule has 0 heterocycles. The monoisotopic (exact) mass is 593 g/mol. The van der Waals surface area contributed by atoms with Gasteiger partial charge in [0, 0.05) is 0 Å². The highest BCUT2D eigenvalue weighted by Crippen LogP contribution is 2.21. The number of hydrogen-bond donors (Lipinski definition) is 0. The zero-order valence-electron chi connectivity index (χ0n) is 29.6. The van der Waals surface area contributed by atoms with Gasteiger partial charge in [-0.15, -0.1) is 0 Å². The molecule has 0 aliphatic rings. The predicted octanol–water partition coefficient (Wildman–Crippen LogP) is 14.5. The lowest BCUT2D eigenvalue weighted by atomic mass is 9.94.